The van der Waals surface area contributed by atoms with Crippen molar-refractivity contribution in [1.29, 1.82) is 0 Å². The average molecular weight is 321 g/mol. The highest BCUT2D eigenvalue weighted by atomic mass is 79.9. The maximum Gasteiger partial charge on any atom is 0.139 e. The van der Waals surface area contributed by atoms with Crippen molar-refractivity contribution in [2.45, 2.75) is 6.54 Å². The van der Waals surface area contributed by atoms with Gasteiger partial charge in [-0.3, -0.25) is 4.98 Å². The van der Waals surface area contributed by atoms with Gasteiger partial charge in [0.1, 0.15) is 17.0 Å². The molecule has 0 bridgehead atoms. The first-order valence-electron chi connectivity index (χ1n) is 5.36. The van der Waals surface area contributed by atoms with Crippen LogP contribution in [0.25, 0.3) is 10.2 Å². The van der Waals surface area contributed by atoms with E-state index in [4.69, 9.17) is 0 Å². The topological polar surface area (TPSA) is 50.7 Å². The lowest BCUT2D eigenvalue weighted by atomic mass is 10.3. The van der Waals surface area contributed by atoms with Crippen molar-refractivity contribution >= 4 is 43.3 Å². The smallest absolute Gasteiger partial charge is 0.139 e. The number of thiophene rings is 1. The molecule has 0 saturated heterocycles. The third-order valence-electron chi connectivity index (χ3n) is 2.49. The molecule has 4 nitrogen and oxygen atoms in total. The zero-order chi connectivity index (χ0) is 12.4. The first-order valence-corrected chi connectivity index (χ1v) is 7.03. The molecule has 0 unspecified atom stereocenters. The van der Waals surface area contributed by atoms with E-state index in [1.54, 1.807) is 23.9 Å². The van der Waals surface area contributed by atoms with Crippen LogP contribution in [0.4, 0.5) is 5.82 Å². The van der Waals surface area contributed by atoms with E-state index >= 15 is 0 Å². The number of nitrogens with one attached hydrogen (secondary N) is 1. The molecule has 0 aromatic carbocycles. The SMILES string of the molecule is Brc1csc2ncnc(NCc3ccccn3)c12. The lowest BCUT2D eigenvalue weighted by Gasteiger charge is -2.06. The fourth-order valence-corrected chi connectivity index (χ4v) is 3.20. The summed E-state index contributed by atoms with van der Waals surface area (Å²) in [4.78, 5) is 13.8. The summed E-state index contributed by atoms with van der Waals surface area (Å²) in [5, 5.41) is 6.34. The first-order chi connectivity index (χ1) is 8.84. The maximum absolute atomic E-state index is 4.28. The van der Waals surface area contributed by atoms with Gasteiger partial charge in [-0.2, -0.15) is 0 Å². The predicted octanol–water partition coefficient (Wildman–Crippen LogP) is 3.46. The van der Waals surface area contributed by atoms with E-state index in [-0.39, 0.29) is 0 Å². The molecule has 0 fully saturated rings. The van der Waals surface area contributed by atoms with Crippen molar-refractivity contribution < 1.29 is 0 Å². The van der Waals surface area contributed by atoms with Gasteiger partial charge in [0.05, 0.1) is 17.6 Å². The Kier molecular flexibility index (Phi) is 3.21. The molecule has 3 aromatic heterocycles. The largest absolute Gasteiger partial charge is 0.364 e. The summed E-state index contributed by atoms with van der Waals surface area (Å²) >= 11 is 5.11. The van der Waals surface area contributed by atoms with Gasteiger partial charge in [0.2, 0.25) is 0 Å². The van der Waals surface area contributed by atoms with E-state index < -0.39 is 0 Å². The van der Waals surface area contributed by atoms with Gasteiger partial charge < -0.3 is 5.32 Å². The van der Waals surface area contributed by atoms with Crippen molar-refractivity contribution in [3.63, 3.8) is 0 Å². The average Bonchev–Trinajstić information content (AvgIpc) is 2.80. The highest BCUT2D eigenvalue weighted by molar-refractivity contribution is 9.10. The molecule has 18 heavy (non-hydrogen) atoms. The zero-order valence-corrected chi connectivity index (χ0v) is 11.7. The van der Waals surface area contributed by atoms with Gasteiger partial charge in [-0.05, 0) is 28.1 Å². The third kappa shape index (κ3) is 2.21. The number of anilines is 1. The highest BCUT2D eigenvalue weighted by Gasteiger charge is 2.09. The quantitative estimate of drug-likeness (QED) is 0.803. The van der Waals surface area contributed by atoms with Crippen LogP contribution < -0.4 is 5.32 Å². The molecular formula is C12H9BrN4S. The maximum atomic E-state index is 4.28. The molecule has 0 aliphatic carbocycles. The summed E-state index contributed by atoms with van der Waals surface area (Å²) in [5.74, 6) is 0.832. The fraction of sp³-hybridized carbons (Fsp3) is 0.0833. The normalized spacial score (nSPS) is 10.7. The third-order valence-corrected chi connectivity index (χ3v) is 4.30. The van der Waals surface area contributed by atoms with E-state index in [2.05, 4.69) is 36.2 Å². The van der Waals surface area contributed by atoms with Crippen molar-refractivity contribution in [2.24, 2.45) is 0 Å². The minimum absolute atomic E-state index is 0.648. The van der Waals surface area contributed by atoms with Crippen molar-refractivity contribution in [3.8, 4) is 0 Å². The molecule has 0 aliphatic heterocycles. The monoisotopic (exact) mass is 320 g/mol. The molecule has 0 aliphatic rings. The van der Waals surface area contributed by atoms with Crippen LogP contribution in [0, 0.1) is 0 Å². The minimum Gasteiger partial charge on any atom is -0.364 e. The van der Waals surface area contributed by atoms with Crippen molar-refractivity contribution in [2.75, 3.05) is 5.32 Å². The van der Waals surface area contributed by atoms with Gasteiger partial charge >= 0.3 is 0 Å². The van der Waals surface area contributed by atoms with E-state index in [1.807, 2.05) is 23.6 Å². The number of pyridine rings is 1. The molecular weight excluding hydrogens is 312 g/mol. The summed E-state index contributed by atoms with van der Waals surface area (Å²) in [6.45, 7) is 0.648. The molecule has 0 radical (unpaired) electrons. The molecule has 0 spiro atoms. The molecule has 1 N–H and O–H groups in total. The molecule has 3 aromatic rings. The van der Waals surface area contributed by atoms with Crippen LogP contribution in [0.15, 0.2) is 40.6 Å². The molecule has 3 heterocycles. The Hall–Kier alpha value is -1.53. The number of rotatable bonds is 3. The van der Waals surface area contributed by atoms with Gasteiger partial charge in [-0.1, -0.05) is 6.07 Å². The zero-order valence-electron chi connectivity index (χ0n) is 9.30. The Morgan fingerprint density at radius 3 is 3.00 bits per heavy atom. The summed E-state index contributed by atoms with van der Waals surface area (Å²) in [5.41, 5.74) is 0.982. The Labute approximate surface area is 116 Å². The van der Waals surface area contributed by atoms with Gasteiger partial charge in [0.15, 0.2) is 0 Å². The van der Waals surface area contributed by atoms with Gasteiger partial charge in [-0.15, -0.1) is 11.3 Å². The molecule has 3 rings (SSSR count). The van der Waals surface area contributed by atoms with E-state index in [0.29, 0.717) is 6.54 Å². The summed E-state index contributed by atoms with van der Waals surface area (Å²) in [6.07, 6.45) is 3.36. The van der Waals surface area contributed by atoms with E-state index in [9.17, 15) is 0 Å². The van der Waals surface area contributed by atoms with Crippen LogP contribution in [0.2, 0.25) is 0 Å². The van der Waals surface area contributed by atoms with Gasteiger partial charge in [0.25, 0.3) is 0 Å². The van der Waals surface area contributed by atoms with Crippen LogP contribution in [-0.2, 0) is 6.54 Å². The Balaban J connectivity index is 1.89. The first kappa shape index (κ1) is 11.6. The Bertz CT molecular complexity index is 668. The molecule has 0 saturated carbocycles. The molecule has 0 atom stereocenters. The van der Waals surface area contributed by atoms with Crippen LogP contribution in [0.1, 0.15) is 5.69 Å². The number of halogens is 1. The van der Waals surface area contributed by atoms with Gasteiger partial charge in [-0.25, -0.2) is 9.97 Å². The second-order valence-electron chi connectivity index (χ2n) is 3.66. The highest BCUT2D eigenvalue weighted by Crippen LogP contribution is 2.32. The summed E-state index contributed by atoms with van der Waals surface area (Å²) < 4.78 is 1.02. The van der Waals surface area contributed by atoms with Crippen LogP contribution in [-0.4, -0.2) is 15.0 Å². The Morgan fingerprint density at radius 1 is 1.22 bits per heavy atom. The lowest BCUT2D eigenvalue weighted by Crippen LogP contribution is -2.03. The van der Waals surface area contributed by atoms with Crippen LogP contribution >= 0.6 is 27.3 Å². The van der Waals surface area contributed by atoms with Crippen molar-refractivity contribution in [1.82, 2.24) is 15.0 Å². The second-order valence-corrected chi connectivity index (χ2v) is 5.37. The second kappa shape index (κ2) is 4.99. The number of hydrogen-bond donors (Lipinski definition) is 1. The minimum atomic E-state index is 0.648. The molecule has 6 heteroatoms. The van der Waals surface area contributed by atoms with Gasteiger partial charge in [0, 0.05) is 16.0 Å². The van der Waals surface area contributed by atoms with Crippen LogP contribution in [0.3, 0.4) is 0 Å². The standard InChI is InChI=1S/C12H9BrN4S/c13-9-6-18-12-10(9)11(16-7-17-12)15-5-8-3-1-2-4-14-8/h1-4,6-7H,5H2,(H,15,16,17). The van der Waals surface area contributed by atoms with E-state index in [1.165, 1.54) is 0 Å². The summed E-state index contributed by atoms with van der Waals surface area (Å²) in [6, 6.07) is 5.86. The number of fused-ring (bicyclic) bond motifs is 1. The molecule has 0 amide bonds. The number of hydrogen-bond acceptors (Lipinski definition) is 5. The van der Waals surface area contributed by atoms with Crippen molar-refractivity contribution in [3.05, 3.63) is 46.3 Å². The predicted molar refractivity (Wildman–Crippen MR) is 76.7 cm³/mol. The van der Waals surface area contributed by atoms with Crippen LogP contribution in [0.5, 0.6) is 0 Å². The fourth-order valence-electron chi connectivity index (χ4n) is 1.65. The Morgan fingerprint density at radius 2 is 2.17 bits per heavy atom. The lowest BCUT2D eigenvalue weighted by molar-refractivity contribution is 1.03. The molecule has 90 valence electrons. The van der Waals surface area contributed by atoms with E-state index in [0.717, 1.165) is 26.2 Å². The number of nitrogens with zero attached hydrogens (tertiary/aromatic N) is 3. The summed E-state index contributed by atoms with van der Waals surface area (Å²) in [7, 11) is 0. The number of aromatic nitrogens is 3.